The van der Waals surface area contributed by atoms with Crippen LogP contribution >= 0.6 is 0 Å². The minimum Gasteiger partial charge on any atom is -0.384 e. The summed E-state index contributed by atoms with van der Waals surface area (Å²) in [6.07, 6.45) is 3.36. The molecule has 0 atom stereocenters. The van der Waals surface area contributed by atoms with Gasteiger partial charge in [0.2, 0.25) is 0 Å². The van der Waals surface area contributed by atoms with Gasteiger partial charge in [-0.1, -0.05) is 6.92 Å². The van der Waals surface area contributed by atoms with Crippen molar-refractivity contribution in [1.29, 1.82) is 0 Å². The lowest BCUT2D eigenvalue weighted by Gasteiger charge is -2.17. The molecule has 0 aliphatic heterocycles. The molecule has 0 unspecified atom stereocenters. The average molecular weight is 192 g/mol. The van der Waals surface area contributed by atoms with Crippen molar-refractivity contribution in [3.8, 4) is 0 Å². The van der Waals surface area contributed by atoms with Crippen molar-refractivity contribution in [1.82, 2.24) is 9.97 Å². The number of anilines is 2. The minimum absolute atomic E-state index is 0.569. The van der Waals surface area contributed by atoms with Crippen LogP contribution in [0, 0.1) is 0 Å². The molecule has 0 amide bonds. The summed E-state index contributed by atoms with van der Waals surface area (Å²) in [5.74, 6) is 2.35. The first-order chi connectivity index (χ1) is 6.70. The van der Waals surface area contributed by atoms with E-state index < -0.39 is 0 Å². The van der Waals surface area contributed by atoms with Gasteiger partial charge in [-0.05, 0) is 12.8 Å². The molecule has 1 fully saturated rings. The van der Waals surface area contributed by atoms with Gasteiger partial charge in [-0.15, -0.1) is 0 Å². The zero-order chi connectivity index (χ0) is 10.1. The van der Waals surface area contributed by atoms with Gasteiger partial charge < -0.3 is 10.6 Å². The first-order valence-electron chi connectivity index (χ1n) is 5.07. The lowest BCUT2D eigenvalue weighted by Crippen LogP contribution is -2.21. The number of hydrogen-bond donors (Lipinski definition) is 1. The van der Waals surface area contributed by atoms with Crippen LogP contribution in [0.2, 0.25) is 0 Å². The molecular weight excluding hydrogens is 176 g/mol. The third-order valence-electron chi connectivity index (χ3n) is 2.55. The van der Waals surface area contributed by atoms with Crippen molar-refractivity contribution in [2.45, 2.75) is 32.2 Å². The number of hydrogen-bond acceptors (Lipinski definition) is 4. The van der Waals surface area contributed by atoms with Gasteiger partial charge in [-0.2, -0.15) is 0 Å². The highest BCUT2D eigenvalue weighted by Crippen LogP contribution is 2.29. The molecule has 0 spiro atoms. The van der Waals surface area contributed by atoms with Gasteiger partial charge in [-0.3, -0.25) is 0 Å². The van der Waals surface area contributed by atoms with Crippen LogP contribution in [0.5, 0.6) is 0 Å². The first-order valence-corrected chi connectivity index (χ1v) is 5.07. The van der Waals surface area contributed by atoms with Crippen molar-refractivity contribution >= 4 is 11.6 Å². The second-order valence-electron chi connectivity index (χ2n) is 3.76. The normalized spacial score (nSPS) is 15.6. The molecule has 1 aromatic rings. The van der Waals surface area contributed by atoms with E-state index in [0.717, 1.165) is 18.1 Å². The van der Waals surface area contributed by atoms with E-state index in [1.807, 2.05) is 13.0 Å². The van der Waals surface area contributed by atoms with Gasteiger partial charge in [0, 0.05) is 25.6 Å². The maximum absolute atomic E-state index is 5.72. The van der Waals surface area contributed by atoms with E-state index in [0.29, 0.717) is 11.9 Å². The number of aryl methyl sites for hydroxylation is 1. The first kappa shape index (κ1) is 9.24. The molecule has 0 aromatic carbocycles. The molecule has 14 heavy (non-hydrogen) atoms. The minimum atomic E-state index is 0.569. The lowest BCUT2D eigenvalue weighted by atomic mass is 10.4. The molecule has 0 saturated heterocycles. The Morgan fingerprint density at radius 3 is 2.79 bits per heavy atom. The van der Waals surface area contributed by atoms with Crippen LogP contribution in [0.3, 0.4) is 0 Å². The van der Waals surface area contributed by atoms with Crippen LogP contribution in [-0.4, -0.2) is 23.1 Å². The average Bonchev–Trinajstić information content (AvgIpc) is 2.99. The maximum Gasteiger partial charge on any atom is 0.134 e. The van der Waals surface area contributed by atoms with Crippen LogP contribution in [0.25, 0.3) is 0 Å². The summed E-state index contributed by atoms with van der Waals surface area (Å²) in [7, 11) is 2.07. The molecule has 0 radical (unpaired) electrons. The maximum atomic E-state index is 5.72. The largest absolute Gasteiger partial charge is 0.384 e. The summed E-state index contributed by atoms with van der Waals surface area (Å²) in [5, 5.41) is 0. The second-order valence-corrected chi connectivity index (χ2v) is 3.76. The molecule has 1 aliphatic carbocycles. The third-order valence-corrected chi connectivity index (χ3v) is 2.55. The van der Waals surface area contributed by atoms with E-state index in [1.54, 1.807) is 0 Å². The van der Waals surface area contributed by atoms with Crippen LogP contribution in [-0.2, 0) is 6.42 Å². The summed E-state index contributed by atoms with van der Waals surface area (Å²) in [6.45, 7) is 2.04. The van der Waals surface area contributed by atoms with Gasteiger partial charge in [0.1, 0.15) is 17.5 Å². The Hall–Kier alpha value is -1.32. The van der Waals surface area contributed by atoms with Crippen molar-refractivity contribution in [2.24, 2.45) is 0 Å². The quantitative estimate of drug-likeness (QED) is 0.782. The fourth-order valence-corrected chi connectivity index (χ4v) is 1.49. The lowest BCUT2D eigenvalue weighted by molar-refractivity contribution is 0.857. The highest BCUT2D eigenvalue weighted by atomic mass is 15.2. The van der Waals surface area contributed by atoms with Crippen LogP contribution in [0.1, 0.15) is 25.6 Å². The Morgan fingerprint density at radius 1 is 1.50 bits per heavy atom. The summed E-state index contributed by atoms with van der Waals surface area (Å²) in [5.41, 5.74) is 5.72. The molecule has 1 heterocycles. The van der Waals surface area contributed by atoms with Crippen LogP contribution < -0.4 is 10.6 Å². The molecule has 4 heteroatoms. The molecule has 76 valence electrons. The van der Waals surface area contributed by atoms with Crippen molar-refractivity contribution in [3.05, 3.63) is 11.9 Å². The van der Waals surface area contributed by atoms with Gasteiger partial charge in [-0.25, -0.2) is 9.97 Å². The topological polar surface area (TPSA) is 55.0 Å². The Bertz CT molecular complexity index is 333. The number of nitrogens with two attached hydrogens (primary N) is 1. The Labute approximate surface area is 84.2 Å². The van der Waals surface area contributed by atoms with E-state index >= 15 is 0 Å². The van der Waals surface area contributed by atoms with E-state index in [4.69, 9.17) is 5.73 Å². The van der Waals surface area contributed by atoms with Crippen molar-refractivity contribution < 1.29 is 0 Å². The fraction of sp³-hybridized carbons (Fsp3) is 0.600. The standard InChI is InChI=1S/C10H16N4/c1-3-9-12-8(11)6-10(13-9)14(2)7-4-5-7/h6-7H,3-5H2,1-2H3,(H2,11,12,13). The monoisotopic (exact) mass is 192 g/mol. The molecule has 1 aromatic heterocycles. The second kappa shape index (κ2) is 3.44. The summed E-state index contributed by atoms with van der Waals surface area (Å²) >= 11 is 0. The van der Waals surface area contributed by atoms with Crippen LogP contribution in [0.15, 0.2) is 6.07 Å². The van der Waals surface area contributed by atoms with E-state index in [2.05, 4.69) is 21.9 Å². The zero-order valence-electron chi connectivity index (χ0n) is 8.70. The highest BCUT2D eigenvalue weighted by molar-refractivity contribution is 5.48. The Morgan fingerprint density at radius 2 is 2.21 bits per heavy atom. The summed E-state index contributed by atoms with van der Waals surface area (Å²) < 4.78 is 0. The molecule has 2 rings (SSSR count). The Kier molecular flexibility index (Phi) is 2.27. The molecule has 0 bridgehead atoms. The third kappa shape index (κ3) is 1.78. The SMILES string of the molecule is CCc1nc(N)cc(N(C)C2CC2)n1. The fourth-order valence-electron chi connectivity index (χ4n) is 1.49. The van der Waals surface area contributed by atoms with E-state index in [9.17, 15) is 0 Å². The molecule has 1 aliphatic rings. The van der Waals surface area contributed by atoms with E-state index in [-0.39, 0.29) is 0 Å². The van der Waals surface area contributed by atoms with Gasteiger partial charge in [0.25, 0.3) is 0 Å². The van der Waals surface area contributed by atoms with Crippen molar-refractivity contribution in [3.63, 3.8) is 0 Å². The number of nitrogen functional groups attached to an aromatic ring is 1. The van der Waals surface area contributed by atoms with Gasteiger partial charge >= 0.3 is 0 Å². The summed E-state index contributed by atoms with van der Waals surface area (Å²) in [6, 6.07) is 2.51. The van der Waals surface area contributed by atoms with Crippen molar-refractivity contribution in [2.75, 3.05) is 17.7 Å². The molecular formula is C10H16N4. The molecule has 4 nitrogen and oxygen atoms in total. The zero-order valence-corrected chi connectivity index (χ0v) is 8.70. The van der Waals surface area contributed by atoms with Gasteiger partial charge in [0.05, 0.1) is 0 Å². The highest BCUT2D eigenvalue weighted by Gasteiger charge is 2.27. The number of aromatic nitrogens is 2. The number of rotatable bonds is 3. The summed E-state index contributed by atoms with van der Waals surface area (Å²) in [4.78, 5) is 10.8. The van der Waals surface area contributed by atoms with E-state index in [1.165, 1.54) is 12.8 Å². The predicted octanol–water partition coefficient (Wildman–Crippen LogP) is 1.22. The molecule has 1 saturated carbocycles. The number of nitrogens with zero attached hydrogens (tertiary/aromatic N) is 3. The molecule has 2 N–H and O–H groups in total. The smallest absolute Gasteiger partial charge is 0.134 e. The van der Waals surface area contributed by atoms with Crippen LogP contribution in [0.4, 0.5) is 11.6 Å². The Balaban J connectivity index is 2.27. The predicted molar refractivity (Wildman–Crippen MR) is 57.2 cm³/mol. The van der Waals surface area contributed by atoms with Gasteiger partial charge in [0.15, 0.2) is 0 Å².